The van der Waals surface area contributed by atoms with E-state index < -0.39 is 10.0 Å². The first kappa shape index (κ1) is 20.8. The molecule has 6 nitrogen and oxygen atoms in total. The zero-order chi connectivity index (χ0) is 15.3. The van der Waals surface area contributed by atoms with Crippen LogP contribution in [0.25, 0.3) is 0 Å². The lowest BCUT2D eigenvalue weighted by molar-refractivity contribution is -0.0245. The molecule has 2 saturated heterocycles. The average Bonchev–Trinajstić information content (AvgIpc) is 2.87. The van der Waals surface area contributed by atoms with Crippen molar-refractivity contribution in [2.24, 2.45) is 5.92 Å². The average molecular weight is 325 g/mol. The molecule has 128 valence electrons. The Bertz CT molecular complexity index is 387. The monoisotopic (exact) mass is 325 g/mol. The standard InChI is InChI=1S/C12H23NO4S.C2H6.H2O/c1-4-16-12-9(2)10(3)17-11(12)8-13-6-5-7-18(13,14)15;1-2;/h9-12H,4-8H2,1-3H3;1-2H3;1H2/t9-,10-,11+,12-;;/m0../s1. The van der Waals surface area contributed by atoms with E-state index in [2.05, 4.69) is 6.92 Å². The molecule has 0 amide bonds. The molecule has 0 bridgehead atoms. The van der Waals surface area contributed by atoms with Gasteiger partial charge in [0.2, 0.25) is 10.0 Å². The molecule has 0 spiro atoms. The maximum atomic E-state index is 11.8. The third-order valence-corrected chi connectivity index (χ3v) is 5.88. The smallest absolute Gasteiger partial charge is 0.214 e. The molecule has 4 atom stereocenters. The van der Waals surface area contributed by atoms with Gasteiger partial charge in [-0.2, -0.15) is 4.31 Å². The molecule has 2 fully saturated rings. The minimum absolute atomic E-state index is 0. The molecular formula is C14H31NO5S. The summed E-state index contributed by atoms with van der Waals surface area (Å²) < 4.78 is 36.8. The summed E-state index contributed by atoms with van der Waals surface area (Å²) in [6, 6.07) is 0. The Hall–Kier alpha value is -0.210. The van der Waals surface area contributed by atoms with Crippen molar-refractivity contribution < 1.29 is 23.4 Å². The van der Waals surface area contributed by atoms with Crippen LogP contribution in [0.15, 0.2) is 0 Å². The largest absolute Gasteiger partial charge is 0.412 e. The Labute approximate surface area is 129 Å². The highest BCUT2D eigenvalue weighted by molar-refractivity contribution is 7.89. The van der Waals surface area contributed by atoms with Crippen LogP contribution in [-0.4, -0.2) is 62.0 Å². The van der Waals surface area contributed by atoms with Gasteiger partial charge in [0, 0.05) is 25.6 Å². The van der Waals surface area contributed by atoms with Gasteiger partial charge in [-0.15, -0.1) is 0 Å². The Balaban J connectivity index is 0.00000128. The lowest BCUT2D eigenvalue weighted by atomic mass is 9.99. The summed E-state index contributed by atoms with van der Waals surface area (Å²) in [5, 5.41) is 0. The highest BCUT2D eigenvalue weighted by Crippen LogP contribution is 2.30. The Kier molecular flexibility index (Phi) is 8.96. The van der Waals surface area contributed by atoms with Crippen molar-refractivity contribution in [2.45, 2.75) is 59.4 Å². The molecule has 2 aliphatic heterocycles. The van der Waals surface area contributed by atoms with E-state index in [9.17, 15) is 8.42 Å². The summed E-state index contributed by atoms with van der Waals surface area (Å²) in [6.45, 7) is 11.8. The van der Waals surface area contributed by atoms with E-state index >= 15 is 0 Å². The molecule has 0 aromatic carbocycles. The molecule has 0 radical (unpaired) electrons. The van der Waals surface area contributed by atoms with Crippen molar-refractivity contribution in [2.75, 3.05) is 25.4 Å². The number of hydrogen-bond donors (Lipinski definition) is 0. The van der Waals surface area contributed by atoms with E-state index in [0.29, 0.717) is 25.6 Å². The number of ether oxygens (including phenoxy) is 2. The SMILES string of the molecule is CC.CCO[C@H]1[C@@H](C)[C@H](C)O[C@@H]1CN1CCCS1(=O)=O.O. The Morgan fingerprint density at radius 3 is 2.38 bits per heavy atom. The van der Waals surface area contributed by atoms with Gasteiger partial charge in [-0.3, -0.25) is 0 Å². The van der Waals surface area contributed by atoms with Crippen LogP contribution < -0.4 is 0 Å². The maximum absolute atomic E-state index is 11.8. The summed E-state index contributed by atoms with van der Waals surface area (Å²) in [7, 11) is -3.05. The minimum Gasteiger partial charge on any atom is -0.412 e. The van der Waals surface area contributed by atoms with Crippen molar-refractivity contribution >= 4 is 10.0 Å². The van der Waals surface area contributed by atoms with Gasteiger partial charge in [0.1, 0.15) is 0 Å². The van der Waals surface area contributed by atoms with Gasteiger partial charge in [0.25, 0.3) is 0 Å². The zero-order valence-corrected chi connectivity index (χ0v) is 14.6. The van der Waals surface area contributed by atoms with Gasteiger partial charge < -0.3 is 14.9 Å². The van der Waals surface area contributed by atoms with Crippen LogP contribution >= 0.6 is 0 Å². The molecule has 0 aliphatic carbocycles. The van der Waals surface area contributed by atoms with Crippen molar-refractivity contribution in [1.82, 2.24) is 4.31 Å². The second-order valence-corrected chi connectivity index (χ2v) is 7.27. The lowest BCUT2D eigenvalue weighted by Gasteiger charge is -2.24. The first-order chi connectivity index (χ1) is 9.45. The molecule has 0 aromatic heterocycles. The van der Waals surface area contributed by atoms with Crippen LogP contribution in [-0.2, 0) is 19.5 Å². The maximum Gasteiger partial charge on any atom is 0.214 e. The van der Waals surface area contributed by atoms with Gasteiger partial charge in [0.15, 0.2) is 0 Å². The fourth-order valence-electron chi connectivity index (χ4n) is 2.78. The van der Waals surface area contributed by atoms with Crippen molar-refractivity contribution in [1.29, 1.82) is 0 Å². The minimum atomic E-state index is -3.05. The predicted molar refractivity (Wildman–Crippen MR) is 83.9 cm³/mol. The second-order valence-electron chi connectivity index (χ2n) is 5.19. The number of nitrogens with zero attached hydrogens (tertiary/aromatic N) is 1. The van der Waals surface area contributed by atoms with E-state index in [1.807, 2.05) is 27.7 Å². The van der Waals surface area contributed by atoms with Crippen LogP contribution in [0.3, 0.4) is 0 Å². The highest BCUT2D eigenvalue weighted by Gasteiger charge is 2.43. The molecular weight excluding hydrogens is 294 g/mol. The van der Waals surface area contributed by atoms with E-state index in [4.69, 9.17) is 9.47 Å². The number of hydrogen-bond acceptors (Lipinski definition) is 4. The van der Waals surface area contributed by atoms with E-state index in [1.54, 1.807) is 4.31 Å². The first-order valence-electron chi connectivity index (χ1n) is 7.70. The quantitative estimate of drug-likeness (QED) is 0.773. The molecule has 2 aliphatic rings. The van der Waals surface area contributed by atoms with Crippen LogP contribution in [0, 0.1) is 5.92 Å². The molecule has 2 heterocycles. The van der Waals surface area contributed by atoms with Gasteiger partial charge in [-0.05, 0) is 20.3 Å². The highest BCUT2D eigenvalue weighted by atomic mass is 32.2. The summed E-state index contributed by atoms with van der Waals surface area (Å²) >= 11 is 0. The Morgan fingerprint density at radius 1 is 1.29 bits per heavy atom. The third kappa shape index (κ3) is 4.89. The van der Waals surface area contributed by atoms with Gasteiger partial charge in [0.05, 0.1) is 24.1 Å². The Morgan fingerprint density at radius 2 is 1.90 bits per heavy atom. The molecule has 0 unspecified atom stereocenters. The summed E-state index contributed by atoms with van der Waals surface area (Å²) in [6.07, 6.45) is 0.708. The van der Waals surface area contributed by atoms with Gasteiger partial charge in [-0.1, -0.05) is 20.8 Å². The molecule has 21 heavy (non-hydrogen) atoms. The van der Waals surface area contributed by atoms with Crippen molar-refractivity contribution in [3.63, 3.8) is 0 Å². The van der Waals surface area contributed by atoms with E-state index in [1.165, 1.54) is 0 Å². The van der Waals surface area contributed by atoms with Crippen LogP contribution in [0.2, 0.25) is 0 Å². The predicted octanol–water partition coefficient (Wildman–Crippen LogP) is 1.05. The fraction of sp³-hybridized carbons (Fsp3) is 1.00. The van der Waals surface area contributed by atoms with Crippen molar-refractivity contribution in [3.8, 4) is 0 Å². The van der Waals surface area contributed by atoms with Crippen LogP contribution in [0.5, 0.6) is 0 Å². The molecule has 2 N–H and O–H groups in total. The lowest BCUT2D eigenvalue weighted by Crippen LogP contribution is -2.40. The molecule has 7 heteroatoms. The van der Waals surface area contributed by atoms with Crippen molar-refractivity contribution in [3.05, 3.63) is 0 Å². The summed E-state index contributed by atoms with van der Waals surface area (Å²) in [4.78, 5) is 0. The number of rotatable bonds is 4. The normalized spacial score (nSPS) is 34.9. The fourth-order valence-corrected chi connectivity index (χ4v) is 4.31. The molecule has 0 saturated carbocycles. The first-order valence-corrected chi connectivity index (χ1v) is 9.31. The number of sulfonamides is 1. The summed E-state index contributed by atoms with van der Waals surface area (Å²) in [5.74, 6) is 0.574. The molecule has 2 rings (SSSR count). The molecule has 0 aromatic rings. The second kappa shape index (κ2) is 9.05. The van der Waals surface area contributed by atoms with Gasteiger partial charge in [-0.25, -0.2) is 8.42 Å². The topological polar surface area (TPSA) is 87.3 Å². The van der Waals surface area contributed by atoms with E-state index in [-0.39, 0.29) is 29.5 Å². The van der Waals surface area contributed by atoms with E-state index in [0.717, 1.165) is 6.42 Å². The van der Waals surface area contributed by atoms with Crippen LogP contribution in [0.1, 0.15) is 41.0 Å². The third-order valence-electron chi connectivity index (χ3n) is 3.96. The van der Waals surface area contributed by atoms with Crippen LogP contribution in [0.4, 0.5) is 0 Å². The van der Waals surface area contributed by atoms with Gasteiger partial charge >= 0.3 is 0 Å². The zero-order valence-electron chi connectivity index (χ0n) is 13.8. The summed E-state index contributed by atoms with van der Waals surface area (Å²) in [5.41, 5.74) is 0.